The van der Waals surface area contributed by atoms with Crippen LogP contribution in [0.25, 0.3) is 0 Å². The predicted molar refractivity (Wildman–Crippen MR) is 81.3 cm³/mol. The second-order valence-electron chi connectivity index (χ2n) is 5.59. The monoisotopic (exact) mass is 308 g/mol. The third-order valence-electron chi connectivity index (χ3n) is 3.99. The van der Waals surface area contributed by atoms with Crippen LogP contribution < -0.4 is 11.1 Å². The molecule has 22 heavy (non-hydrogen) atoms. The summed E-state index contributed by atoms with van der Waals surface area (Å²) in [5.74, 6) is 0.319. The first-order chi connectivity index (χ1) is 10.6. The van der Waals surface area contributed by atoms with E-state index in [2.05, 4.69) is 10.5 Å². The number of amides is 2. The van der Waals surface area contributed by atoms with Crippen molar-refractivity contribution in [1.82, 2.24) is 15.4 Å². The summed E-state index contributed by atoms with van der Waals surface area (Å²) in [6.45, 7) is 5.67. The molecule has 1 saturated heterocycles. The smallest absolute Gasteiger partial charge is 0.259 e. The Morgan fingerprint density at radius 1 is 1.50 bits per heavy atom. The summed E-state index contributed by atoms with van der Waals surface area (Å²) in [7, 11) is 0. The first kappa shape index (κ1) is 16.5. The molecule has 1 aromatic heterocycles. The number of nitrogens with zero attached hydrogens (tertiary/aromatic N) is 2. The van der Waals surface area contributed by atoms with E-state index >= 15 is 0 Å². The van der Waals surface area contributed by atoms with Gasteiger partial charge in [-0.3, -0.25) is 9.59 Å². The molecule has 1 fully saturated rings. The van der Waals surface area contributed by atoms with Gasteiger partial charge in [0.05, 0.1) is 11.6 Å². The first-order valence-electron chi connectivity index (χ1n) is 7.80. The molecule has 1 atom stereocenters. The minimum Gasteiger partial charge on any atom is -0.360 e. The molecular weight excluding hydrogens is 284 g/mol. The van der Waals surface area contributed by atoms with Crippen LogP contribution >= 0.6 is 0 Å². The molecule has 1 aromatic rings. The van der Waals surface area contributed by atoms with Gasteiger partial charge in [-0.25, -0.2) is 0 Å². The third kappa shape index (κ3) is 3.47. The molecule has 3 N–H and O–H groups in total. The lowest BCUT2D eigenvalue weighted by Crippen LogP contribution is -2.46. The Balaban J connectivity index is 2.07. The summed E-state index contributed by atoms with van der Waals surface area (Å²) in [6.07, 6.45) is 2.23. The van der Waals surface area contributed by atoms with E-state index in [1.54, 1.807) is 11.8 Å². The Hall–Kier alpha value is -1.89. The molecule has 1 unspecified atom stereocenters. The molecule has 2 amide bonds. The van der Waals surface area contributed by atoms with Crippen molar-refractivity contribution >= 4 is 11.8 Å². The molecule has 0 radical (unpaired) electrons. The summed E-state index contributed by atoms with van der Waals surface area (Å²) in [5, 5.41) is 6.68. The number of carbonyl (C=O) groups is 2. The number of hydrogen-bond acceptors (Lipinski definition) is 5. The van der Waals surface area contributed by atoms with E-state index in [1.807, 2.05) is 6.92 Å². The van der Waals surface area contributed by atoms with Crippen molar-refractivity contribution in [2.75, 3.05) is 26.2 Å². The number of nitrogens with two attached hydrogens (primary N) is 1. The van der Waals surface area contributed by atoms with Gasteiger partial charge in [0.15, 0.2) is 0 Å². The summed E-state index contributed by atoms with van der Waals surface area (Å²) in [6, 6.07) is 0. The maximum atomic E-state index is 12.7. The number of carbonyl (C=O) groups excluding carboxylic acids is 2. The van der Waals surface area contributed by atoms with Crippen LogP contribution in [0.4, 0.5) is 0 Å². The maximum absolute atomic E-state index is 12.7. The highest BCUT2D eigenvalue weighted by Crippen LogP contribution is 2.22. The minimum absolute atomic E-state index is 0.0271. The van der Waals surface area contributed by atoms with E-state index in [1.165, 1.54) is 0 Å². The topological polar surface area (TPSA) is 101 Å². The van der Waals surface area contributed by atoms with Crippen LogP contribution in [0.1, 0.15) is 41.6 Å². The molecule has 1 aliphatic rings. The molecule has 0 aromatic carbocycles. The van der Waals surface area contributed by atoms with E-state index in [-0.39, 0.29) is 17.7 Å². The number of likely N-dealkylation sites (tertiary alicyclic amines) is 1. The highest BCUT2D eigenvalue weighted by Gasteiger charge is 2.31. The van der Waals surface area contributed by atoms with Crippen LogP contribution in [0.2, 0.25) is 0 Å². The van der Waals surface area contributed by atoms with E-state index in [0.717, 1.165) is 12.8 Å². The molecular formula is C15H24N4O3. The molecule has 122 valence electrons. The van der Waals surface area contributed by atoms with Crippen molar-refractivity contribution < 1.29 is 14.1 Å². The molecule has 2 heterocycles. The Kier molecular flexibility index (Phi) is 5.54. The van der Waals surface area contributed by atoms with Gasteiger partial charge < -0.3 is 20.5 Å². The largest absolute Gasteiger partial charge is 0.360 e. The fourth-order valence-corrected chi connectivity index (χ4v) is 2.81. The van der Waals surface area contributed by atoms with Crippen LogP contribution in [0, 0.1) is 12.8 Å². The average molecular weight is 308 g/mol. The van der Waals surface area contributed by atoms with Gasteiger partial charge in [-0.05, 0) is 19.8 Å². The number of rotatable bonds is 5. The molecule has 7 nitrogen and oxygen atoms in total. The second kappa shape index (κ2) is 7.40. The van der Waals surface area contributed by atoms with E-state index in [4.69, 9.17) is 10.3 Å². The van der Waals surface area contributed by atoms with Crippen LogP contribution in [0.3, 0.4) is 0 Å². The minimum atomic E-state index is -0.172. The predicted octanol–water partition coefficient (Wildman–Crippen LogP) is 0.473. The Morgan fingerprint density at radius 3 is 2.95 bits per heavy atom. The lowest BCUT2D eigenvalue weighted by atomic mass is 9.96. The molecule has 0 spiro atoms. The number of aryl methyl sites for hydroxylation is 2. The second-order valence-corrected chi connectivity index (χ2v) is 5.59. The summed E-state index contributed by atoms with van der Waals surface area (Å²) in [4.78, 5) is 26.5. The highest BCUT2D eigenvalue weighted by atomic mass is 16.5. The SMILES string of the molecule is CCc1onc(C)c1C(=O)N1CCCC(C(=O)NCCN)C1. The molecule has 0 aliphatic carbocycles. The van der Waals surface area contributed by atoms with Crippen LogP contribution in [0.5, 0.6) is 0 Å². The Labute approximate surface area is 130 Å². The number of piperidine rings is 1. The zero-order chi connectivity index (χ0) is 16.1. The number of hydrogen-bond donors (Lipinski definition) is 2. The zero-order valence-corrected chi connectivity index (χ0v) is 13.2. The summed E-state index contributed by atoms with van der Waals surface area (Å²) < 4.78 is 5.19. The van der Waals surface area contributed by atoms with Gasteiger partial charge >= 0.3 is 0 Å². The average Bonchev–Trinajstić information content (AvgIpc) is 2.92. The van der Waals surface area contributed by atoms with Gasteiger partial charge in [0.25, 0.3) is 5.91 Å². The summed E-state index contributed by atoms with van der Waals surface area (Å²) >= 11 is 0. The molecule has 0 bridgehead atoms. The summed E-state index contributed by atoms with van der Waals surface area (Å²) in [5.41, 5.74) is 6.55. The van der Waals surface area contributed by atoms with Gasteiger partial charge in [0, 0.05) is 32.6 Å². The molecule has 1 aliphatic heterocycles. The van der Waals surface area contributed by atoms with Crippen molar-refractivity contribution in [3.63, 3.8) is 0 Å². The van der Waals surface area contributed by atoms with Crippen molar-refractivity contribution in [3.05, 3.63) is 17.0 Å². The van der Waals surface area contributed by atoms with E-state index in [9.17, 15) is 9.59 Å². The van der Waals surface area contributed by atoms with Crippen molar-refractivity contribution in [2.24, 2.45) is 11.7 Å². The van der Waals surface area contributed by atoms with Gasteiger partial charge in [-0.1, -0.05) is 12.1 Å². The molecule has 2 rings (SSSR count). The molecule has 0 saturated carbocycles. The normalized spacial score (nSPS) is 18.3. The van der Waals surface area contributed by atoms with Gasteiger partial charge in [-0.15, -0.1) is 0 Å². The standard InChI is InChI=1S/C15H24N4O3/c1-3-12-13(10(2)18-22-12)15(21)19-8-4-5-11(9-19)14(20)17-7-6-16/h11H,3-9,16H2,1-2H3,(H,17,20). The van der Waals surface area contributed by atoms with Crippen molar-refractivity contribution in [2.45, 2.75) is 33.1 Å². The Morgan fingerprint density at radius 2 is 2.27 bits per heavy atom. The maximum Gasteiger partial charge on any atom is 0.259 e. The zero-order valence-electron chi connectivity index (χ0n) is 13.2. The van der Waals surface area contributed by atoms with Crippen molar-refractivity contribution in [3.8, 4) is 0 Å². The third-order valence-corrected chi connectivity index (χ3v) is 3.99. The van der Waals surface area contributed by atoms with Gasteiger partial charge in [0.2, 0.25) is 5.91 Å². The van der Waals surface area contributed by atoms with Gasteiger partial charge in [-0.2, -0.15) is 0 Å². The van der Waals surface area contributed by atoms with E-state index < -0.39 is 0 Å². The number of aromatic nitrogens is 1. The van der Waals surface area contributed by atoms with Crippen LogP contribution in [0.15, 0.2) is 4.52 Å². The lowest BCUT2D eigenvalue weighted by Gasteiger charge is -2.32. The highest BCUT2D eigenvalue weighted by molar-refractivity contribution is 5.96. The van der Waals surface area contributed by atoms with Gasteiger partial charge in [0.1, 0.15) is 11.3 Å². The fourth-order valence-electron chi connectivity index (χ4n) is 2.81. The lowest BCUT2D eigenvalue weighted by molar-refractivity contribution is -0.126. The fraction of sp³-hybridized carbons (Fsp3) is 0.667. The number of nitrogens with one attached hydrogen (secondary N) is 1. The van der Waals surface area contributed by atoms with Crippen molar-refractivity contribution in [1.29, 1.82) is 0 Å². The van der Waals surface area contributed by atoms with Crippen LogP contribution in [-0.2, 0) is 11.2 Å². The van der Waals surface area contributed by atoms with Crippen LogP contribution in [-0.4, -0.2) is 48.0 Å². The quantitative estimate of drug-likeness (QED) is 0.823. The van der Waals surface area contributed by atoms with E-state index in [0.29, 0.717) is 49.6 Å². The Bertz CT molecular complexity index is 541. The molecule has 7 heteroatoms. The first-order valence-corrected chi connectivity index (χ1v) is 7.80.